The first-order valence-electron chi connectivity index (χ1n) is 4.59. The number of hydrogen-bond acceptors (Lipinski definition) is 5. The number of anilines is 1. The maximum atomic E-state index is 11.1. The van der Waals surface area contributed by atoms with E-state index in [-0.39, 0.29) is 5.69 Å². The minimum absolute atomic E-state index is 0.241. The lowest BCUT2D eigenvalue weighted by molar-refractivity contribution is 0.764. The third-order valence-electron chi connectivity index (χ3n) is 2.16. The van der Waals surface area contributed by atoms with Crippen LogP contribution in [0.2, 0.25) is 0 Å². The van der Waals surface area contributed by atoms with Crippen molar-refractivity contribution in [2.45, 2.75) is 17.1 Å². The minimum Gasteiger partial charge on any atom is -0.397 e. The molecule has 0 aliphatic rings. The van der Waals surface area contributed by atoms with Crippen molar-refractivity contribution in [2.24, 2.45) is 7.05 Å². The van der Waals surface area contributed by atoms with Crippen molar-refractivity contribution in [1.29, 1.82) is 0 Å². The molecule has 0 aliphatic heterocycles. The Balaban J connectivity index is 2.31. The van der Waals surface area contributed by atoms with Crippen LogP contribution in [0.5, 0.6) is 0 Å². The molecule has 2 rings (SSSR count). The number of H-pyrrole nitrogens is 1. The van der Waals surface area contributed by atoms with Gasteiger partial charge in [0.05, 0.1) is 11.9 Å². The summed E-state index contributed by atoms with van der Waals surface area (Å²) in [4.78, 5) is 15.3. The lowest BCUT2D eigenvalue weighted by Crippen LogP contribution is -2.12. The van der Waals surface area contributed by atoms with Gasteiger partial charge in [-0.05, 0) is 30.3 Å². The molecule has 0 spiro atoms. The Morgan fingerprint density at radius 2 is 2.31 bits per heavy atom. The van der Waals surface area contributed by atoms with Gasteiger partial charge in [0.2, 0.25) is 0 Å². The normalized spacial score (nSPS) is 10.6. The molecule has 16 heavy (non-hydrogen) atoms. The average Bonchev–Trinajstić information content (AvgIpc) is 2.55. The topological polar surface area (TPSA) is 89.6 Å². The van der Waals surface area contributed by atoms with Crippen LogP contribution < -0.4 is 11.4 Å². The van der Waals surface area contributed by atoms with Gasteiger partial charge in [0, 0.05) is 7.05 Å². The summed E-state index contributed by atoms with van der Waals surface area (Å²) >= 11 is 1.31. The second-order valence-electron chi connectivity index (χ2n) is 3.35. The van der Waals surface area contributed by atoms with Crippen molar-refractivity contribution in [3.05, 3.63) is 28.3 Å². The average molecular weight is 237 g/mol. The second-order valence-corrected chi connectivity index (χ2v) is 4.34. The highest BCUT2D eigenvalue weighted by Gasteiger charge is 2.07. The number of nitrogen functional groups attached to an aromatic ring is 1. The number of rotatable bonds is 2. The number of hydrogen-bond donors (Lipinski definition) is 2. The van der Waals surface area contributed by atoms with Crippen LogP contribution in [-0.2, 0) is 7.05 Å². The molecule has 3 N–H and O–H groups in total. The smallest absolute Gasteiger partial charge is 0.343 e. The summed E-state index contributed by atoms with van der Waals surface area (Å²) < 4.78 is 1.43. The molecular formula is C9H11N5OS. The van der Waals surface area contributed by atoms with Gasteiger partial charge in [0.1, 0.15) is 5.03 Å². The van der Waals surface area contributed by atoms with Crippen molar-refractivity contribution in [2.75, 3.05) is 5.73 Å². The van der Waals surface area contributed by atoms with E-state index < -0.39 is 0 Å². The second kappa shape index (κ2) is 4.01. The maximum Gasteiger partial charge on any atom is 0.343 e. The van der Waals surface area contributed by atoms with E-state index >= 15 is 0 Å². The zero-order chi connectivity index (χ0) is 11.7. The molecule has 0 aromatic carbocycles. The molecule has 0 atom stereocenters. The van der Waals surface area contributed by atoms with Crippen molar-refractivity contribution < 1.29 is 0 Å². The Labute approximate surface area is 95.9 Å². The molecule has 0 radical (unpaired) electrons. The molecule has 7 heteroatoms. The predicted molar refractivity (Wildman–Crippen MR) is 61.3 cm³/mol. The summed E-state index contributed by atoms with van der Waals surface area (Å²) in [6.07, 6.45) is 1.60. The summed E-state index contributed by atoms with van der Waals surface area (Å²) in [5, 5.41) is 7.58. The van der Waals surface area contributed by atoms with Gasteiger partial charge in [0.25, 0.3) is 0 Å². The molecule has 0 saturated carbocycles. The van der Waals surface area contributed by atoms with E-state index in [4.69, 9.17) is 5.73 Å². The summed E-state index contributed by atoms with van der Waals surface area (Å²) in [7, 11) is 1.65. The molecule has 2 aromatic rings. The first kappa shape index (κ1) is 10.7. The van der Waals surface area contributed by atoms with Crippen LogP contribution >= 0.6 is 11.8 Å². The minimum atomic E-state index is -0.241. The Bertz CT molecular complexity index is 574. The molecule has 2 heterocycles. The molecule has 84 valence electrons. The Morgan fingerprint density at radius 1 is 1.56 bits per heavy atom. The SMILES string of the molecule is Cc1cc(Sc2n[nH]c(=O)n2C)ncc1N. The first-order chi connectivity index (χ1) is 7.58. The zero-order valence-corrected chi connectivity index (χ0v) is 9.71. The number of pyridine rings is 1. The third-order valence-corrected chi connectivity index (χ3v) is 3.14. The Hall–Kier alpha value is -1.76. The molecule has 0 amide bonds. The van der Waals surface area contributed by atoms with Gasteiger partial charge < -0.3 is 5.73 Å². The zero-order valence-electron chi connectivity index (χ0n) is 8.89. The van der Waals surface area contributed by atoms with E-state index in [0.717, 1.165) is 10.6 Å². The number of aryl methyl sites for hydroxylation is 1. The van der Waals surface area contributed by atoms with Gasteiger partial charge in [-0.15, -0.1) is 5.10 Å². The number of nitrogens with zero attached hydrogens (tertiary/aromatic N) is 3. The number of nitrogens with two attached hydrogens (primary N) is 1. The number of nitrogens with one attached hydrogen (secondary N) is 1. The maximum absolute atomic E-state index is 11.1. The molecule has 2 aromatic heterocycles. The van der Waals surface area contributed by atoms with Gasteiger partial charge in [-0.25, -0.2) is 14.9 Å². The summed E-state index contributed by atoms with van der Waals surface area (Å²) in [5.41, 5.74) is 7.04. The van der Waals surface area contributed by atoms with Crippen LogP contribution in [-0.4, -0.2) is 19.7 Å². The fraction of sp³-hybridized carbons (Fsp3) is 0.222. The van der Waals surface area contributed by atoms with Gasteiger partial charge in [-0.2, -0.15) is 0 Å². The van der Waals surface area contributed by atoms with Crippen LogP contribution in [0.3, 0.4) is 0 Å². The van der Waals surface area contributed by atoms with Crippen molar-refractivity contribution >= 4 is 17.4 Å². The number of aromatic nitrogens is 4. The largest absolute Gasteiger partial charge is 0.397 e. The van der Waals surface area contributed by atoms with E-state index in [0.29, 0.717) is 10.8 Å². The van der Waals surface area contributed by atoms with E-state index in [2.05, 4.69) is 15.2 Å². The molecule has 0 bridgehead atoms. The van der Waals surface area contributed by atoms with Crippen molar-refractivity contribution in [3.8, 4) is 0 Å². The van der Waals surface area contributed by atoms with Crippen molar-refractivity contribution in [3.63, 3.8) is 0 Å². The van der Waals surface area contributed by atoms with E-state index in [1.165, 1.54) is 16.3 Å². The third kappa shape index (κ3) is 1.94. The molecule has 6 nitrogen and oxygen atoms in total. The first-order valence-corrected chi connectivity index (χ1v) is 5.41. The number of aromatic amines is 1. The quantitative estimate of drug-likeness (QED) is 0.796. The summed E-state index contributed by atoms with van der Waals surface area (Å²) in [6.45, 7) is 1.91. The fourth-order valence-electron chi connectivity index (χ4n) is 1.11. The Kier molecular flexibility index (Phi) is 2.69. The molecule has 0 saturated heterocycles. The van der Waals surface area contributed by atoms with Crippen LogP contribution in [0.4, 0.5) is 5.69 Å². The highest BCUT2D eigenvalue weighted by atomic mass is 32.2. The molecule has 0 aliphatic carbocycles. The van der Waals surface area contributed by atoms with Crippen LogP contribution in [0.15, 0.2) is 27.2 Å². The highest BCUT2D eigenvalue weighted by molar-refractivity contribution is 7.99. The van der Waals surface area contributed by atoms with Crippen LogP contribution in [0.1, 0.15) is 5.56 Å². The molecule has 0 unspecified atom stereocenters. The molecule has 0 fully saturated rings. The lowest BCUT2D eigenvalue weighted by Gasteiger charge is -2.02. The van der Waals surface area contributed by atoms with Gasteiger partial charge in [-0.3, -0.25) is 4.57 Å². The van der Waals surface area contributed by atoms with Gasteiger partial charge in [0.15, 0.2) is 5.16 Å². The summed E-state index contributed by atoms with van der Waals surface area (Å²) in [6, 6.07) is 1.86. The lowest BCUT2D eigenvalue weighted by atomic mass is 10.3. The summed E-state index contributed by atoms with van der Waals surface area (Å²) in [5.74, 6) is 0. The van der Waals surface area contributed by atoms with E-state index in [1.807, 2.05) is 13.0 Å². The Morgan fingerprint density at radius 3 is 2.88 bits per heavy atom. The standard InChI is InChI=1S/C9H11N5OS/c1-5-3-7(11-4-6(5)10)16-9-13-12-8(15)14(9)2/h3-4H,10H2,1-2H3,(H,12,15). The van der Waals surface area contributed by atoms with Crippen LogP contribution in [0, 0.1) is 6.92 Å². The van der Waals surface area contributed by atoms with Crippen LogP contribution in [0.25, 0.3) is 0 Å². The van der Waals surface area contributed by atoms with Gasteiger partial charge in [-0.1, -0.05) is 0 Å². The monoisotopic (exact) mass is 237 g/mol. The van der Waals surface area contributed by atoms with E-state index in [9.17, 15) is 4.79 Å². The van der Waals surface area contributed by atoms with E-state index in [1.54, 1.807) is 13.2 Å². The fourth-order valence-corrected chi connectivity index (χ4v) is 1.95. The van der Waals surface area contributed by atoms with Gasteiger partial charge >= 0.3 is 5.69 Å². The predicted octanol–water partition coefficient (Wildman–Crippen LogP) is 0.545. The molecular weight excluding hydrogens is 226 g/mol. The highest BCUT2D eigenvalue weighted by Crippen LogP contribution is 2.24. The van der Waals surface area contributed by atoms with Crippen molar-refractivity contribution in [1.82, 2.24) is 19.7 Å².